The zero-order valence-electron chi connectivity index (χ0n) is 27.0. The number of hydrogen-bond donors (Lipinski definition) is 0. The normalized spacial score (nSPS) is 11.3. The zero-order valence-corrected chi connectivity index (χ0v) is 31.5. The Hall–Kier alpha value is -5.18. The molecule has 8 heterocycles. The first-order valence-corrected chi connectivity index (χ1v) is 15.1. The summed E-state index contributed by atoms with van der Waals surface area (Å²) in [7, 11) is 7.75. The maximum absolute atomic E-state index is 5.75. The Bertz CT molecular complexity index is 2570. The number of imidazole rings is 4. The van der Waals surface area contributed by atoms with Gasteiger partial charge in [-0.25, -0.2) is 9.97 Å². The molecule has 252 valence electrons. The molecule has 50 heavy (non-hydrogen) atoms. The summed E-state index contributed by atoms with van der Waals surface area (Å²) in [6.45, 7) is 0. The van der Waals surface area contributed by atoms with Gasteiger partial charge in [0.2, 0.25) is 0 Å². The summed E-state index contributed by atoms with van der Waals surface area (Å²) >= 11 is 0. The number of aromatic nitrogens is 10. The third-order valence-electron chi connectivity index (χ3n) is 8.50. The van der Waals surface area contributed by atoms with E-state index in [0.29, 0.717) is 11.5 Å². The second-order valence-corrected chi connectivity index (χ2v) is 11.7. The van der Waals surface area contributed by atoms with Crippen LogP contribution in [-0.4, -0.2) is 38.2 Å². The van der Waals surface area contributed by atoms with Gasteiger partial charge in [-0.05, 0) is 36.4 Å². The van der Waals surface area contributed by atoms with Gasteiger partial charge in [0, 0.05) is 55.3 Å². The molecule has 0 radical (unpaired) electrons. The molecule has 0 aliphatic rings. The van der Waals surface area contributed by atoms with Crippen LogP contribution in [0.2, 0.25) is 0 Å². The predicted octanol–water partition coefficient (Wildman–Crippen LogP) is 6.28. The van der Waals surface area contributed by atoms with Crippen molar-refractivity contribution in [1.29, 1.82) is 0 Å². The fourth-order valence-electron chi connectivity index (χ4n) is 6.22. The van der Waals surface area contributed by atoms with Crippen molar-refractivity contribution in [2.75, 3.05) is 0 Å². The van der Waals surface area contributed by atoms with Crippen LogP contribution < -0.4 is 9.97 Å². The molecule has 0 atom stereocenters. The van der Waals surface area contributed by atoms with Crippen molar-refractivity contribution in [2.24, 2.45) is 28.2 Å². The summed E-state index contributed by atoms with van der Waals surface area (Å²) in [5.74, 6) is 3.10. The van der Waals surface area contributed by atoms with Crippen LogP contribution in [0.4, 0.5) is 0 Å². The number of nitrogens with zero attached hydrogens (tertiary/aromatic N) is 10. The van der Waals surface area contributed by atoms with Crippen molar-refractivity contribution in [1.82, 2.24) is 48.2 Å². The minimum atomic E-state index is 0. The molecule has 10 aromatic rings. The van der Waals surface area contributed by atoms with Gasteiger partial charge in [-0.1, -0.05) is 59.2 Å². The topological polar surface area (TPSA) is 126 Å². The molecule has 12 nitrogen and oxygen atoms in total. The van der Waals surface area contributed by atoms with Gasteiger partial charge in [-0.2, -0.15) is 0 Å². The van der Waals surface area contributed by atoms with Crippen LogP contribution in [0.15, 0.2) is 95.1 Å². The number of aryl methyl sites for hydroxylation is 4. The average molecular weight is 1020 g/mol. The first-order chi connectivity index (χ1) is 23.4. The molecule has 0 bridgehead atoms. The maximum atomic E-state index is 5.75. The summed E-state index contributed by atoms with van der Waals surface area (Å²) in [6.07, 6.45) is 20.3. The molecule has 0 amide bonds. The van der Waals surface area contributed by atoms with E-state index in [1.54, 1.807) is 29.6 Å². The van der Waals surface area contributed by atoms with Crippen LogP contribution in [0, 0.1) is 12.5 Å². The van der Waals surface area contributed by atoms with E-state index in [1.165, 1.54) is 0 Å². The molecular weight excluding hydrogens is 995 g/mol. The molecule has 0 fully saturated rings. The number of hydrogen-bond acceptors (Lipinski definition) is 6. The largest absolute Gasteiger partial charge is 2.00 e. The van der Waals surface area contributed by atoms with Crippen molar-refractivity contribution < 1.29 is 51.0 Å². The molecule has 0 N–H and O–H groups in total. The average Bonchev–Trinajstić information content (AvgIpc) is 3.91. The monoisotopic (exact) mass is 1020 g/mol. The quantitative estimate of drug-likeness (QED) is 0.189. The third kappa shape index (κ3) is 5.30. The molecule has 0 saturated carbocycles. The molecule has 14 heteroatoms. The van der Waals surface area contributed by atoms with Crippen LogP contribution in [0.1, 0.15) is 0 Å². The second-order valence-electron chi connectivity index (χ2n) is 11.7. The van der Waals surface area contributed by atoms with Crippen molar-refractivity contribution in [3.05, 3.63) is 98.8 Å². The Balaban J connectivity index is 0.000000151. The Morgan fingerprint density at radius 2 is 1.30 bits per heavy atom. The minimum absolute atomic E-state index is 0. The van der Waals surface area contributed by atoms with Crippen molar-refractivity contribution in [3.63, 3.8) is 0 Å². The van der Waals surface area contributed by atoms with Crippen LogP contribution in [-0.2, 0) is 70.3 Å². The first kappa shape index (κ1) is 33.3. The predicted molar refractivity (Wildman–Crippen MR) is 181 cm³/mol. The first-order valence-electron chi connectivity index (χ1n) is 15.1. The van der Waals surface area contributed by atoms with Crippen molar-refractivity contribution in [3.8, 4) is 45.7 Å². The summed E-state index contributed by atoms with van der Waals surface area (Å²) in [6, 6.07) is 12.2. The van der Waals surface area contributed by atoms with Gasteiger partial charge in [0.05, 0.1) is 24.6 Å². The SMILES string of the molecule is Cn1[c-]nc(-c2occ3c2[n-]c2c(-c4nccn4C)cccc23)c1.Cn1cnc(-c2occ3c2[n-]c2c(-c4n[c-]cn4C)cccc23)c1.[Pt+2].[Pt+2]. The Kier molecular flexibility index (Phi) is 8.62. The van der Waals surface area contributed by atoms with E-state index in [1.807, 2.05) is 90.9 Å². The van der Waals surface area contributed by atoms with Gasteiger partial charge in [0.1, 0.15) is 17.3 Å². The van der Waals surface area contributed by atoms with Crippen molar-refractivity contribution >= 4 is 43.6 Å². The van der Waals surface area contributed by atoms with Gasteiger partial charge in [-0.15, -0.1) is 23.4 Å². The number of para-hydroxylation sites is 2. The maximum Gasteiger partial charge on any atom is 2.00 e. The van der Waals surface area contributed by atoms with E-state index >= 15 is 0 Å². The zero-order chi connectivity index (χ0) is 32.5. The standard InChI is InChI=1S/2C18H13N5O.2Pt/c2*1-22-8-14(20-10-22)17-16-13(9-24-17)11-4-3-5-12(15(11)21-16)18-19-6-7-23(18)2;;/h3-5,7-10H,1-2H3;3-9H,1-2H3;;/q2*-2;2*+2. The third-order valence-corrected chi connectivity index (χ3v) is 8.50. The molecular formula is C36H26N10O2Pt2. The molecule has 0 spiro atoms. The van der Waals surface area contributed by atoms with Gasteiger partial charge in [0.15, 0.2) is 0 Å². The van der Waals surface area contributed by atoms with E-state index in [9.17, 15) is 0 Å². The number of fused-ring (bicyclic) bond motifs is 6. The summed E-state index contributed by atoms with van der Waals surface area (Å²) < 4.78 is 19.1. The van der Waals surface area contributed by atoms with Crippen LogP contribution >= 0.6 is 0 Å². The van der Waals surface area contributed by atoms with Crippen LogP contribution in [0.25, 0.3) is 89.3 Å². The van der Waals surface area contributed by atoms with E-state index in [2.05, 4.69) is 44.6 Å². The molecule has 2 aromatic carbocycles. The van der Waals surface area contributed by atoms with Crippen LogP contribution in [0.3, 0.4) is 0 Å². The smallest absolute Gasteiger partial charge is 0.654 e. The second kappa shape index (κ2) is 12.9. The van der Waals surface area contributed by atoms with Gasteiger partial charge < -0.3 is 47.0 Å². The van der Waals surface area contributed by atoms with E-state index in [4.69, 9.17) is 18.8 Å². The fourth-order valence-corrected chi connectivity index (χ4v) is 6.22. The van der Waals surface area contributed by atoms with Gasteiger partial charge >= 0.3 is 42.1 Å². The fraction of sp³-hybridized carbons (Fsp3) is 0.111. The number of benzene rings is 2. The number of rotatable bonds is 4. The van der Waals surface area contributed by atoms with Crippen LogP contribution in [0.5, 0.6) is 0 Å². The molecule has 0 aliphatic carbocycles. The Morgan fingerprint density at radius 1 is 0.660 bits per heavy atom. The van der Waals surface area contributed by atoms with Crippen molar-refractivity contribution in [2.45, 2.75) is 0 Å². The summed E-state index contributed by atoms with van der Waals surface area (Å²) in [4.78, 5) is 27.1. The van der Waals surface area contributed by atoms with Gasteiger partial charge in [0.25, 0.3) is 0 Å². The van der Waals surface area contributed by atoms with E-state index in [-0.39, 0.29) is 42.1 Å². The molecule has 0 aliphatic heterocycles. The van der Waals surface area contributed by atoms with E-state index < -0.39 is 0 Å². The molecule has 10 rings (SSSR count). The molecule has 0 unspecified atom stereocenters. The molecule has 8 aromatic heterocycles. The summed E-state index contributed by atoms with van der Waals surface area (Å²) in [5, 5.41) is 4.09. The minimum Gasteiger partial charge on any atom is -0.654 e. The molecule has 0 saturated heterocycles. The Labute approximate surface area is 313 Å². The van der Waals surface area contributed by atoms with Gasteiger partial charge in [-0.3, -0.25) is 0 Å². The summed E-state index contributed by atoms with van der Waals surface area (Å²) in [5.41, 5.74) is 6.99. The number of furan rings is 2. The Morgan fingerprint density at radius 3 is 1.82 bits per heavy atom. The van der Waals surface area contributed by atoms with E-state index in [0.717, 1.165) is 77.8 Å².